The molecule has 0 spiro atoms. The third-order valence-corrected chi connectivity index (χ3v) is 5.16. The van der Waals surface area contributed by atoms with Crippen molar-refractivity contribution in [3.05, 3.63) is 53.6 Å². The van der Waals surface area contributed by atoms with Gasteiger partial charge in [-0.3, -0.25) is 14.9 Å². The minimum absolute atomic E-state index is 0.104. The minimum Gasteiger partial charge on any atom is -0.310 e. The molecule has 27 heavy (non-hydrogen) atoms. The molecule has 0 aliphatic carbocycles. The Bertz CT molecular complexity index is 1030. The Morgan fingerprint density at radius 3 is 2.74 bits per heavy atom. The molecule has 2 heterocycles. The number of nitrogens with zero attached hydrogens (tertiary/aromatic N) is 3. The van der Waals surface area contributed by atoms with Gasteiger partial charge in [-0.25, -0.2) is 4.98 Å². The molecule has 3 aromatic rings. The van der Waals surface area contributed by atoms with E-state index in [0.717, 1.165) is 11.0 Å². The van der Waals surface area contributed by atoms with Crippen molar-refractivity contribution in [1.82, 2.24) is 9.55 Å². The highest BCUT2D eigenvalue weighted by Gasteiger charge is 2.36. The summed E-state index contributed by atoms with van der Waals surface area (Å²) in [5, 5.41) is 3.40. The molecule has 1 atom stereocenters. The number of rotatable bonds is 4. The molecular weight excluding hydrogens is 364 g/mol. The van der Waals surface area contributed by atoms with E-state index in [1.807, 2.05) is 47.9 Å². The molecular formula is C20H19ClN4O2. The lowest BCUT2D eigenvalue weighted by atomic mass is 10.1. The standard InChI is InChI=1S/C20H19ClN4O2/c1-2-24-17-10-6-4-8-15(17)22-20(24)23-19(27)13-11-18(26)25(12-13)16-9-5-3-7-14(16)21/h3-10,13H,2,11-12H2,1H3,(H,22,23,27). The normalized spacial score (nSPS) is 16.9. The molecule has 7 heteroatoms. The van der Waals surface area contributed by atoms with Crippen LogP contribution in [-0.2, 0) is 16.1 Å². The predicted molar refractivity (Wildman–Crippen MR) is 106 cm³/mol. The topological polar surface area (TPSA) is 67.2 Å². The van der Waals surface area contributed by atoms with Crippen molar-refractivity contribution in [3.8, 4) is 0 Å². The molecule has 1 aromatic heterocycles. The average Bonchev–Trinajstić information content (AvgIpc) is 3.22. The molecule has 6 nitrogen and oxygen atoms in total. The van der Waals surface area contributed by atoms with Gasteiger partial charge in [-0.15, -0.1) is 0 Å². The van der Waals surface area contributed by atoms with Gasteiger partial charge in [0.25, 0.3) is 0 Å². The van der Waals surface area contributed by atoms with Gasteiger partial charge in [0.05, 0.1) is 27.7 Å². The second kappa shape index (κ2) is 7.04. The number of carbonyl (C=O) groups is 2. The molecule has 1 fully saturated rings. The van der Waals surface area contributed by atoms with Gasteiger partial charge in [0, 0.05) is 19.5 Å². The third-order valence-electron chi connectivity index (χ3n) is 4.84. The van der Waals surface area contributed by atoms with Crippen LogP contribution in [0.2, 0.25) is 5.02 Å². The first-order chi connectivity index (χ1) is 13.1. The fourth-order valence-corrected chi connectivity index (χ4v) is 3.73. The van der Waals surface area contributed by atoms with E-state index in [9.17, 15) is 9.59 Å². The first-order valence-electron chi connectivity index (χ1n) is 8.89. The monoisotopic (exact) mass is 382 g/mol. The van der Waals surface area contributed by atoms with E-state index < -0.39 is 5.92 Å². The number of amides is 2. The summed E-state index contributed by atoms with van der Waals surface area (Å²) in [5.74, 6) is -0.249. The number of benzene rings is 2. The van der Waals surface area contributed by atoms with Crippen LogP contribution in [-0.4, -0.2) is 27.9 Å². The Hall–Kier alpha value is -2.86. The molecule has 0 radical (unpaired) electrons. The Balaban J connectivity index is 1.55. The number of anilines is 2. The van der Waals surface area contributed by atoms with E-state index in [4.69, 9.17) is 11.6 Å². The van der Waals surface area contributed by atoms with Gasteiger partial charge in [0.15, 0.2) is 0 Å². The molecule has 1 N–H and O–H groups in total. The molecule has 1 aliphatic rings. The van der Waals surface area contributed by atoms with Gasteiger partial charge >= 0.3 is 0 Å². The summed E-state index contributed by atoms with van der Waals surface area (Å²) in [4.78, 5) is 31.3. The highest BCUT2D eigenvalue weighted by Crippen LogP contribution is 2.31. The zero-order valence-corrected chi connectivity index (χ0v) is 15.6. The van der Waals surface area contributed by atoms with E-state index in [1.165, 1.54) is 0 Å². The number of hydrogen-bond acceptors (Lipinski definition) is 3. The Morgan fingerprint density at radius 1 is 1.22 bits per heavy atom. The van der Waals surface area contributed by atoms with Gasteiger partial charge in [-0.05, 0) is 31.2 Å². The molecule has 1 unspecified atom stereocenters. The van der Waals surface area contributed by atoms with Crippen LogP contribution in [0.25, 0.3) is 11.0 Å². The van der Waals surface area contributed by atoms with E-state index in [0.29, 0.717) is 29.7 Å². The van der Waals surface area contributed by atoms with Crippen LogP contribution in [0.3, 0.4) is 0 Å². The fourth-order valence-electron chi connectivity index (χ4n) is 3.49. The molecule has 1 aliphatic heterocycles. The lowest BCUT2D eigenvalue weighted by Crippen LogP contribution is -2.29. The van der Waals surface area contributed by atoms with Crippen molar-refractivity contribution in [1.29, 1.82) is 0 Å². The van der Waals surface area contributed by atoms with Crippen LogP contribution in [0.4, 0.5) is 11.6 Å². The number of nitrogens with one attached hydrogen (secondary N) is 1. The van der Waals surface area contributed by atoms with Gasteiger partial charge in [-0.1, -0.05) is 35.9 Å². The second-order valence-electron chi connectivity index (χ2n) is 6.51. The van der Waals surface area contributed by atoms with Crippen molar-refractivity contribution >= 4 is 46.1 Å². The summed E-state index contributed by atoms with van der Waals surface area (Å²) < 4.78 is 1.95. The van der Waals surface area contributed by atoms with Crippen LogP contribution < -0.4 is 10.2 Å². The Labute approximate surface area is 161 Å². The summed E-state index contributed by atoms with van der Waals surface area (Å²) >= 11 is 6.20. The number of para-hydroxylation sites is 3. The van der Waals surface area contributed by atoms with Crippen LogP contribution in [0.1, 0.15) is 13.3 Å². The molecule has 2 aromatic carbocycles. The SMILES string of the molecule is CCn1c(NC(=O)C2CC(=O)N(c3ccccc3Cl)C2)nc2ccccc21. The van der Waals surface area contributed by atoms with E-state index in [1.54, 1.807) is 17.0 Å². The van der Waals surface area contributed by atoms with E-state index in [2.05, 4.69) is 10.3 Å². The van der Waals surface area contributed by atoms with Crippen LogP contribution in [0, 0.1) is 5.92 Å². The van der Waals surface area contributed by atoms with Crippen LogP contribution in [0.15, 0.2) is 48.5 Å². The number of halogens is 1. The smallest absolute Gasteiger partial charge is 0.232 e. The molecule has 1 saturated heterocycles. The van der Waals surface area contributed by atoms with Crippen molar-refractivity contribution in [2.24, 2.45) is 5.92 Å². The predicted octanol–water partition coefficient (Wildman–Crippen LogP) is 3.70. The molecule has 4 rings (SSSR count). The number of hydrogen-bond donors (Lipinski definition) is 1. The quantitative estimate of drug-likeness (QED) is 0.748. The van der Waals surface area contributed by atoms with Crippen molar-refractivity contribution < 1.29 is 9.59 Å². The lowest BCUT2D eigenvalue weighted by Gasteiger charge is -2.18. The fraction of sp³-hybridized carbons (Fsp3) is 0.250. The van der Waals surface area contributed by atoms with Crippen LogP contribution in [0.5, 0.6) is 0 Å². The average molecular weight is 383 g/mol. The number of aromatic nitrogens is 2. The van der Waals surface area contributed by atoms with E-state index in [-0.39, 0.29) is 18.2 Å². The number of fused-ring (bicyclic) bond motifs is 1. The second-order valence-corrected chi connectivity index (χ2v) is 6.92. The minimum atomic E-state index is -0.445. The largest absolute Gasteiger partial charge is 0.310 e. The Morgan fingerprint density at radius 2 is 1.96 bits per heavy atom. The van der Waals surface area contributed by atoms with E-state index >= 15 is 0 Å². The van der Waals surface area contributed by atoms with Gasteiger partial charge in [0.1, 0.15) is 0 Å². The van der Waals surface area contributed by atoms with Gasteiger partial charge in [0.2, 0.25) is 17.8 Å². The Kier molecular flexibility index (Phi) is 4.58. The number of carbonyl (C=O) groups excluding carboxylic acids is 2. The van der Waals surface area contributed by atoms with Gasteiger partial charge < -0.3 is 9.47 Å². The first kappa shape index (κ1) is 17.5. The molecule has 138 valence electrons. The van der Waals surface area contributed by atoms with Crippen molar-refractivity contribution in [3.63, 3.8) is 0 Å². The molecule has 2 amide bonds. The van der Waals surface area contributed by atoms with Crippen molar-refractivity contribution in [2.75, 3.05) is 16.8 Å². The maximum atomic E-state index is 12.8. The molecule has 0 saturated carbocycles. The zero-order chi connectivity index (χ0) is 19.0. The summed E-state index contributed by atoms with van der Waals surface area (Å²) in [6.07, 6.45) is 0.156. The highest BCUT2D eigenvalue weighted by atomic mass is 35.5. The first-order valence-corrected chi connectivity index (χ1v) is 9.27. The van der Waals surface area contributed by atoms with Crippen molar-refractivity contribution in [2.45, 2.75) is 19.9 Å². The lowest BCUT2D eigenvalue weighted by molar-refractivity contribution is -0.122. The summed E-state index contributed by atoms with van der Waals surface area (Å²) in [7, 11) is 0. The summed E-state index contributed by atoms with van der Waals surface area (Å²) in [6.45, 7) is 2.99. The highest BCUT2D eigenvalue weighted by molar-refractivity contribution is 6.33. The maximum Gasteiger partial charge on any atom is 0.232 e. The van der Waals surface area contributed by atoms with Gasteiger partial charge in [-0.2, -0.15) is 0 Å². The van der Waals surface area contributed by atoms with Crippen LogP contribution >= 0.6 is 11.6 Å². The third kappa shape index (κ3) is 3.17. The maximum absolute atomic E-state index is 12.8. The zero-order valence-electron chi connectivity index (χ0n) is 14.9. The summed E-state index contributed by atoms with van der Waals surface area (Å²) in [5.41, 5.74) is 2.44. The summed E-state index contributed by atoms with van der Waals surface area (Å²) in [6, 6.07) is 14.9. The number of imidazole rings is 1. The number of aryl methyl sites for hydroxylation is 1. The molecule has 0 bridgehead atoms.